The van der Waals surface area contributed by atoms with E-state index < -0.39 is 0 Å². The zero-order valence-electron chi connectivity index (χ0n) is 9.01. The molecule has 0 radical (unpaired) electrons. The number of carbonyl (C=O) groups is 1. The highest BCUT2D eigenvalue weighted by molar-refractivity contribution is 5.72. The first-order valence-electron chi connectivity index (χ1n) is 5.03. The number of esters is 1. The molecular formula is C12H18O2. The summed E-state index contributed by atoms with van der Waals surface area (Å²) in [7, 11) is 1.45. The molecule has 1 aliphatic rings. The Kier molecular flexibility index (Phi) is 3.93. The zero-order valence-corrected chi connectivity index (χ0v) is 9.01. The Morgan fingerprint density at radius 2 is 2.43 bits per heavy atom. The van der Waals surface area contributed by atoms with E-state index in [1.54, 1.807) is 0 Å². The van der Waals surface area contributed by atoms with Crippen LogP contribution < -0.4 is 0 Å². The molecule has 0 N–H and O–H groups in total. The molecule has 0 saturated carbocycles. The summed E-state index contributed by atoms with van der Waals surface area (Å²) in [6, 6.07) is 0. The molecule has 1 rings (SSSR count). The van der Waals surface area contributed by atoms with Gasteiger partial charge in [-0.1, -0.05) is 23.8 Å². The summed E-state index contributed by atoms with van der Waals surface area (Å²) < 4.78 is 4.72. The molecular weight excluding hydrogens is 176 g/mol. The summed E-state index contributed by atoms with van der Waals surface area (Å²) in [5.74, 6) is 0.00416. The second-order valence-electron chi connectivity index (χ2n) is 3.99. The SMILES string of the molecule is C=C(C)CC1=CCC(C(=O)OC)CC1. The Morgan fingerprint density at radius 1 is 1.71 bits per heavy atom. The van der Waals surface area contributed by atoms with Crippen molar-refractivity contribution in [3.8, 4) is 0 Å². The van der Waals surface area contributed by atoms with E-state index >= 15 is 0 Å². The van der Waals surface area contributed by atoms with Gasteiger partial charge in [0, 0.05) is 0 Å². The average Bonchev–Trinajstić information content (AvgIpc) is 2.17. The number of rotatable bonds is 3. The Bertz CT molecular complexity index is 263. The number of methoxy groups -OCH3 is 1. The van der Waals surface area contributed by atoms with Gasteiger partial charge in [-0.2, -0.15) is 0 Å². The molecule has 0 spiro atoms. The molecule has 0 bridgehead atoms. The van der Waals surface area contributed by atoms with Gasteiger partial charge in [0.05, 0.1) is 13.0 Å². The van der Waals surface area contributed by atoms with Crippen LogP contribution in [0.5, 0.6) is 0 Å². The molecule has 2 heteroatoms. The molecule has 0 heterocycles. The zero-order chi connectivity index (χ0) is 10.6. The van der Waals surface area contributed by atoms with Gasteiger partial charge in [-0.3, -0.25) is 4.79 Å². The minimum absolute atomic E-state index is 0.0735. The number of ether oxygens (including phenoxy) is 1. The molecule has 0 fully saturated rings. The lowest BCUT2D eigenvalue weighted by Gasteiger charge is -2.19. The van der Waals surface area contributed by atoms with Crippen LogP contribution in [0.1, 0.15) is 32.6 Å². The second kappa shape index (κ2) is 4.99. The van der Waals surface area contributed by atoms with Crippen molar-refractivity contribution in [1.29, 1.82) is 0 Å². The third kappa shape index (κ3) is 3.02. The van der Waals surface area contributed by atoms with Gasteiger partial charge in [-0.25, -0.2) is 0 Å². The molecule has 1 aliphatic carbocycles. The lowest BCUT2D eigenvalue weighted by molar-refractivity contribution is -0.145. The summed E-state index contributed by atoms with van der Waals surface area (Å²) in [4.78, 5) is 11.2. The van der Waals surface area contributed by atoms with E-state index in [0.29, 0.717) is 0 Å². The number of carbonyl (C=O) groups excluding carboxylic acids is 1. The van der Waals surface area contributed by atoms with Crippen molar-refractivity contribution in [3.63, 3.8) is 0 Å². The van der Waals surface area contributed by atoms with Gasteiger partial charge in [-0.15, -0.1) is 0 Å². The van der Waals surface area contributed by atoms with E-state index in [4.69, 9.17) is 4.74 Å². The van der Waals surface area contributed by atoms with Crippen molar-refractivity contribution in [2.24, 2.45) is 5.92 Å². The van der Waals surface area contributed by atoms with Gasteiger partial charge in [-0.05, 0) is 32.6 Å². The predicted molar refractivity (Wildman–Crippen MR) is 56.9 cm³/mol. The molecule has 0 amide bonds. The molecule has 0 aliphatic heterocycles. The fourth-order valence-electron chi connectivity index (χ4n) is 1.82. The van der Waals surface area contributed by atoms with Crippen LogP contribution in [-0.2, 0) is 9.53 Å². The first-order chi connectivity index (χ1) is 6.63. The van der Waals surface area contributed by atoms with E-state index in [0.717, 1.165) is 25.7 Å². The molecule has 0 aromatic heterocycles. The van der Waals surface area contributed by atoms with Crippen molar-refractivity contribution in [2.75, 3.05) is 7.11 Å². The molecule has 78 valence electrons. The summed E-state index contributed by atoms with van der Waals surface area (Å²) in [6.45, 7) is 5.92. The van der Waals surface area contributed by atoms with Gasteiger partial charge >= 0.3 is 5.97 Å². The minimum Gasteiger partial charge on any atom is -0.469 e. The summed E-state index contributed by atoms with van der Waals surface area (Å²) in [6.07, 6.45) is 5.90. The Hall–Kier alpha value is -1.05. The minimum atomic E-state index is -0.0735. The molecule has 1 atom stereocenters. The van der Waals surface area contributed by atoms with Crippen LogP contribution >= 0.6 is 0 Å². The highest BCUT2D eigenvalue weighted by Crippen LogP contribution is 2.27. The molecule has 2 nitrogen and oxygen atoms in total. The van der Waals surface area contributed by atoms with Crippen molar-refractivity contribution < 1.29 is 9.53 Å². The fraction of sp³-hybridized carbons (Fsp3) is 0.583. The van der Waals surface area contributed by atoms with Crippen LogP contribution in [0.15, 0.2) is 23.8 Å². The maximum absolute atomic E-state index is 11.2. The van der Waals surface area contributed by atoms with Gasteiger partial charge in [0.15, 0.2) is 0 Å². The van der Waals surface area contributed by atoms with Crippen molar-refractivity contribution >= 4 is 5.97 Å². The maximum Gasteiger partial charge on any atom is 0.308 e. The van der Waals surface area contributed by atoms with Gasteiger partial charge < -0.3 is 4.74 Å². The van der Waals surface area contributed by atoms with E-state index in [1.165, 1.54) is 18.3 Å². The van der Waals surface area contributed by atoms with E-state index in [1.807, 2.05) is 6.92 Å². The molecule has 14 heavy (non-hydrogen) atoms. The molecule has 0 aromatic carbocycles. The highest BCUT2D eigenvalue weighted by Gasteiger charge is 2.21. The summed E-state index contributed by atoms with van der Waals surface area (Å²) in [5, 5.41) is 0. The van der Waals surface area contributed by atoms with E-state index in [9.17, 15) is 4.79 Å². The largest absolute Gasteiger partial charge is 0.469 e. The van der Waals surface area contributed by atoms with Crippen LogP contribution in [-0.4, -0.2) is 13.1 Å². The normalized spacial score (nSPS) is 21.3. The van der Waals surface area contributed by atoms with Crippen LogP contribution in [0.4, 0.5) is 0 Å². The summed E-state index contributed by atoms with van der Waals surface area (Å²) in [5.41, 5.74) is 2.60. The first-order valence-corrected chi connectivity index (χ1v) is 5.03. The highest BCUT2D eigenvalue weighted by atomic mass is 16.5. The first kappa shape index (κ1) is 11.0. The van der Waals surface area contributed by atoms with E-state index in [2.05, 4.69) is 12.7 Å². The lowest BCUT2D eigenvalue weighted by Crippen LogP contribution is -2.18. The quantitative estimate of drug-likeness (QED) is 0.510. The third-order valence-corrected chi connectivity index (χ3v) is 2.57. The molecule has 0 aromatic rings. The van der Waals surface area contributed by atoms with Crippen LogP contribution in [0.2, 0.25) is 0 Å². The smallest absolute Gasteiger partial charge is 0.308 e. The molecule has 0 saturated heterocycles. The Labute approximate surface area is 85.6 Å². The topological polar surface area (TPSA) is 26.3 Å². The van der Waals surface area contributed by atoms with Crippen LogP contribution in [0.25, 0.3) is 0 Å². The van der Waals surface area contributed by atoms with Gasteiger partial charge in [0.2, 0.25) is 0 Å². The lowest BCUT2D eigenvalue weighted by atomic mass is 9.87. The van der Waals surface area contributed by atoms with Gasteiger partial charge in [0.1, 0.15) is 0 Å². The Balaban J connectivity index is 2.47. The standard InChI is InChI=1S/C12H18O2/c1-9(2)8-10-4-6-11(7-5-10)12(13)14-3/h4,11H,1,5-8H2,2-3H3. The predicted octanol–water partition coefficient (Wildman–Crippen LogP) is 2.85. The average molecular weight is 194 g/mol. The fourth-order valence-corrected chi connectivity index (χ4v) is 1.82. The van der Waals surface area contributed by atoms with Crippen molar-refractivity contribution in [1.82, 2.24) is 0 Å². The molecule has 1 unspecified atom stereocenters. The monoisotopic (exact) mass is 194 g/mol. The van der Waals surface area contributed by atoms with Crippen molar-refractivity contribution in [3.05, 3.63) is 23.8 Å². The number of allylic oxidation sites excluding steroid dienone is 3. The summed E-state index contributed by atoms with van der Waals surface area (Å²) >= 11 is 0. The second-order valence-corrected chi connectivity index (χ2v) is 3.99. The third-order valence-electron chi connectivity index (χ3n) is 2.57. The number of hydrogen-bond donors (Lipinski definition) is 0. The van der Waals surface area contributed by atoms with Gasteiger partial charge in [0.25, 0.3) is 0 Å². The van der Waals surface area contributed by atoms with Crippen LogP contribution in [0.3, 0.4) is 0 Å². The number of hydrogen-bond acceptors (Lipinski definition) is 2. The van der Waals surface area contributed by atoms with Crippen molar-refractivity contribution in [2.45, 2.75) is 32.6 Å². The van der Waals surface area contributed by atoms with Crippen LogP contribution in [0, 0.1) is 5.92 Å². The van der Waals surface area contributed by atoms with E-state index in [-0.39, 0.29) is 11.9 Å². The maximum atomic E-state index is 11.2. The Morgan fingerprint density at radius 3 is 2.86 bits per heavy atom.